The Morgan fingerprint density at radius 1 is 1.09 bits per heavy atom. The monoisotopic (exact) mass is 466 g/mol. The number of ether oxygens (including phenoxy) is 1. The third kappa shape index (κ3) is 4.22. The molecule has 0 fully saturated rings. The molecule has 35 heavy (non-hydrogen) atoms. The number of rotatable bonds is 4. The van der Waals surface area contributed by atoms with Crippen molar-refractivity contribution in [3.05, 3.63) is 94.7 Å². The van der Waals surface area contributed by atoms with Gasteiger partial charge in [-0.25, -0.2) is 4.39 Å². The summed E-state index contributed by atoms with van der Waals surface area (Å²) in [4.78, 5) is 20.6. The number of carbonyl (C=O) groups excluding carboxylic acids is 1. The first-order valence-corrected chi connectivity index (χ1v) is 11.2. The molecule has 1 aliphatic rings. The summed E-state index contributed by atoms with van der Waals surface area (Å²) in [5.74, 6) is 6.55. The number of hydrogen-bond donors (Lipinski definition) is 3. The Balaban J connectivity index is 1.66. The normalized spacial score (nSPS) is 12.3. The van der Waals surface area contributed by atoms with Crippen molar-refractivity contribution in [1.82, 2.24) is 15.3 Å². The molecule has 0 radical (unpaired) electrons. The summed E-state index contributed by atoms with van der Waals surface area (Å²) < 4.78 is 19.7. The van der Waals surface area contributed by atoms with E-state index in [1.807, 2.05) is 30.3 Å². The van der Waals surface area contributed by atoms with Gasteiger partial charge < -0.3 is 20.4 Å². The van der Waals surface area contributed by atoms with Crippen LogP contribution in [0.2, 0.25) is 0 Å². The molecule has 1 amide bonds. The van der Waals surface area contributed by atoms with Gasteiger partial charge in [-0.3, -0.25) is 9.78 Å². The summed E-state index contributed by atoms with van der Waals surface area (Å²) >= 11 is 0. The van der Waals surface area contributed by atoms with Crippen molar-refractivity contribution in [2.24, 2.45) is 0 Å². The number of methoxy groups -OCH3 is 1. The van der Waals surface area contributed by atoms with Gasteiger partial charge in [0.05, 0.1) is 35.2 Å². The summed E-state index contributed by atoms with van der Waals surface area (Å²) in [6.45, 7) is 2.24. The Kier molecular flexibility index (Phi) is 5.94. The Bertz CT molecular complexity index is 1500. The van der Waals surface area contributed by atoms with Crippen LogP contribution < -0.4 is 15.4 Å². The van der Waals surface area contributed by atoms with Crippen molar-refractivity contribution in [3.8, 4) is 28.8 Å². The van der Waals surface area contributed by atoms with E-state index in [0.29, 0.717) is 52.5 Å². The zero-order chi connectivity index (χ0) is 24.4. The van der Waals surface area contributed by atoms with Gasteiger partial charge in [0.25, 0.3) is 5.91 Å². The van der Waals surface area contributed by atoms with Gasteiger partial charge in [-0.15, -0.1) is 0 Å². The molecule has 3 heterocycles. The maximum absolute atomic E-state index is 14.3. The second-order valence-corrected chi connectivity index (χ2v) is 8.14. The molecule has 2 aromatic carbocycles. The van der Waals surface area contributed by atoms with Crippen molar-refractivity contribution >= 4 is 17.3 Å². The average Bonchev–Trinajstić information content (AvgIpc) is 3.25. The number of amides is 1. The molecule has 2 aromatic heterocycles. The summed E-state index contributed by atoms with van der Waals surface area (Å²) in [5.41, 5.74) is 5.88. The lowest BCUT2D eigenvalue weighted by Gasteiger charge is -2.16. The molecule has 0 saturated carbocycles. The van der Waals surface area contributed by atoms with E-state index in [1.165, 1.54) is 6.07 Å². The first-order chi connectivity index (χ1) is 17.1. The van der Waals surface area contributed by atoms with E-state index < -0.39 is 0 Å². The van der Waals surface area contributed by atoms with Gasteiger partial charge in [0.15, 0.2) is 0 Å². The highest BCUT2D eigenvalue weighted by Crippen LogP contribution is 2.38. The van der Waals surface area contributed by atoms with Gasteiger partial charge in [0.2, 0.25) is 0 Å². The lowest BCUT2D eigenvalue weighted by Crippen LogP contribution is -2.31. The van der Waals surface area contributed by atoms with E-state index in [9.17, 15) is 9.18 Å². The third-order valence-corrected chi connectivity index (χ3v) is 6.02. The standard InChI is InChI=1S/C28H23FN4O2/c1-17-21(29)7-5-8-22(17)32-27-25-23(13-15-31-28(25)34)33-26(27)20-12-14-30-16-19(20)11-10-18-6-3-4-9-24(18)35-2/h3-9,12,14,16,32-33H,13,15H2,1-2H3,(H,31,34). The molecule has 0 spiro atoms. The fourth-order valence-corrected chi connectivity index (χ4v) is 4.18. The van der Waals surface area contributed by atoms with Crippen LogP contribution in [0.3, 0.4) is 0 Å². The second kappa shape index (κ2) is 9.35. The smallest absolute Gasteiger partial charge is 0.255 e. The van der Waals surface area contributed by atoms with Crippen LogP contribution in [0.1, 0.15) is 32.7 Å². The SMILES string of the molecule is COc1ccccc1C#Cc1cnccc1-c1[nH]c2c(c1Nc1cccc(F)c1C)C(=O)NCC2. The van der Waals surface area contributed by atoms with E-state index in [2.05, 4.69) is 32.4 Å². The third-order valence-electron chi connectivity index (χ3n) is 6.02. The Morgan fingerprint density at radius 2 is 1.91 bits per heavy atom. The van der Waals surface area contributed by atoms with Crippen LogP contribution in [0.4, 0.5) is 15.8 Å². The number of hydrogen-bond acceptors (Lipinski definition) is 4. The highest BCUT2D eigenvalue weighted by atomic mass is 19.1. The fourth-order valence-electron chi connectivity index (χ4n) is 4.18. The van der Waals surface area contributed by atoms with Gasteiger partial charge in [-0.2, -0.15) is 0 Å². The molecular weight excluding hydrogens is 443 g/mol. The minimum absolute atomic E-state index is 0.180. The highest BCUT2D eigenvalue weighted by Gasteiger charge is 2.28. The minimum Gasteiger partial charge on any atom is -0.495 e. The van der Waals surface area contributed by atoms with Crippen LogP contribution in [0.25, 0.3) is 11.3 Å². The predicted molar refractivity (Wildman–Crippen MR) is 133 cm³/mol. The lowest BCUT2D eigenvalue weighted by atomic mass is 10.0. The fraction of sp³-hybridized carbons (Fsp3) is 0.143. The number of nitrogens with one attached hydrogen (secondary N) is 3. The zero-order valence-corrected chi connectivity index (χ0v) is 19.3. The van der Waals surface area contributed by atoms with E-state index >= 15 is 0 Å². The number of H-pyrrole nitrogens is 1. The van der Waals surface area contributed by atoms with Crippen molar-refractivity contribution in [2.75, 3.05) is 19.0 Å². The number of anilines is 2. The molecule has 4 aromatic rings. The molecular formula is C28H23FN4O2. The van der Waals surface area contributed by atoms with Crippen LogP contribution in [-0.4, -0.2) is 29.5 Å². The molecule has 1 aliphatic heterocycles. The Labute approximate surface area is 202 Å². The first-order valence-electron chi connectivity index (χ1n) is 11.2. The molecule has 0 atom stereocenters. The molecule has 6 nitrogen and oxygen atoms in total. The molecule has 3 N–H and O–H groups in total. The Morgan fingerprint density at radius 3 is 2.77 bits per heavy atom. The van der Waals surface area contributed by atoms with Gasteiger partial charge in [-0.05, 0) is 37.3 Å². The molecule has 174 valence electrons. The topological polar surface area (TPSA) is 79.0 Å². The average molecular weight is 467 g/mol. The number of aromatic nitrogens is 2. The van der Waals surface area contributed by atoms with E-state index in [1.54, 1.807) is 38.6 Å². The summed E-state index contributed by atoms with van der Waals surface area (Å²) in [7, 11) is 1.61. The van der Waals surface area contributed by atoms with Crippen LogP contribution in [0.15, 0.2) is 60.9 Å². The summed E-state index contributed by atoms with van der Waals surface area (Å²) in [6, 6.07) is 14.2. The van der Waals surface area contributed by atoms with Gasteiger partial charge >= 0.3 is 0 Å². The van der Waals surface area contributed by atoms with Crippen LogP contribution in [-0.2, 0) is 6.42 Å². The van der Waals surface area contributed by atoms with Crippen molar-refractivity contribution in [1.29, 1.82) is 0 Å². The number of pyridine rings is 1. The summed E-state index contributed by atoms with van der Waals surface area (Å²) in [6.07, 6.45) is 4.03. The molecule has 0 bridgehead atoms. The minimum atomic E-state index is -0.322. The van der Waals surface area contributed by atoms with E-state index in [4.69, 9.17) is 4.74 Å². The Hall–Kier alpha value is -4.57. The van der Waals surface area contributed by atoms with Crippen molar-refractivity contribution in [3.63, 3.8) is 0 Å². The van der Waals surface area contributed by atoms with E-state index in [-0.39, 0.29) is 11.7 Å². The predicted octanol–water partition coefficient (Wildman–Crippen LogP) is 4.96. The second-order valence-electron chi connectivity index (χ2n) is 8.14. The maximum atomic E-state index is 14.3. The number of carbonyl (C=O) groups is 1. The van der Waals surface area contributed by atoms with Crippen molar-refractivity contribution < 1.29 is 13.9 Å². The number of nitrogens with zero attached hydrogens (tertiary/aromatic N) is 1. The number of benzene rings is 2. The number of aromatic amines is 1. The van der Waals surface area contributed by atoms with Crippen LogP contribution in [0.5, 0.6) is 5.75 Å². The molecule has 7 heteroatoms. The van der Waals surface area contributed by atoms with Crippen LogP contribution in [0, 0.1) is 24.6 Å². The molecule has 0 saturated heterocycles. The van der Waals surface area contributed by atoms with Crippen molar-refractivity contribution in [2.45, 2.75) is 13.3 Å². The molecule has 5 rings (SSSR count). The molecule has 0 unspecified atom stereocenters. The summed E-state index contributed by atoms with van der Waals surface area (Å²) in [5, 5.41) is 6.22. The quantitative estimate of drug-likeness (QED) is 0.372. The highest BCUT2D eigenvalue weighted by molar-refractivity contribution is 6.06. The van der Waals surface area contributed by atoms with Gasteiger partial charge in [0.1, 0.15) is 11.6 Å². The largest absolute Gasteiger partial charge is 0.495 e. The van der Waals surface area contributed by atoms with Crippen LogP contribution >= 0.6 is 0 Å². The number of halogens is 1. The maximum Gasteiger partial charge on any atom is 0.255 e. The van der Waals surface area contributed by atoms with E-state index in [0.717, 1.165) is 16.8 Å². The molecule has 0 aliphatic carbocycles. The lowest BCUT2D eigenvalue weighted by molar-refractivity contribution is 0.0947. The van der Waals surface area contributed by atoms with Gasteiger partial charge in [0, 0.05) is 47.9 Å². The zero-order valence-electron chi connectivity index (χ0n) is 19.3. The first kappa shape index (κ1) is 22.2. The van der Waals surface area contributed by atoms with Gasteiger partial charge in [-0.1, -0.05) is 30.0 Å². The number of para-hydroxylation sites is 1. The number of fused-ring (bicyclic) bond motifs is 1.